The number of carboxylic acids is 1. The van der Waals surface area contributed by atoms with Gasteiger partial charge in [-0.1, -0.05) is 6.08 Å². The van der Waals surface area contributed by atoms with E-state index in [9.17, 15) is 9.59 Å². The molecule has 0 saturated heterocycles. The summed E-state index contributed by atoms with van der Waals surface area (Å²) in [4.78, 5) is 23.2. The number of carbonyl (C=O) groups is 2. The van der Waals surface area contributed by atoms with Crippen molar-refractivity contribution in [3.63, 3.8) is 0 Å². The van der Waals surface area contributed by atoms with Crippen molar-refractivity contribution < 1.29 is 28.9 Å². The molecule has 28 heavy (non-hydrogen) atoms. The van der Waals surface area contributed by atoms with Gasteiger partial charge in [-0.3, -0.25) is 4.79 Å². The highest BCUT2D eigenvalue weighted by Gasteiger charge is 2.13. The summed E-state index contributed by atoms with van der Waals surface area (Å²) in [6.07, 6.45) is 2.18. The molecule has 1 atom stereocenters. The minimum atomic E-state index is -1.06. The highest BCUT2D eigenvalue weighted by atomic mass is 79.9. The third-order valence-electron chi connectivity index (χ3n) is 3.76. The Kier molecular flexibility index (Phi) is 7.63. The number of carboxylic acid groups (broad SMARTS) is 1. The number of allylic oxidation sites excluding steroid dienone is 1. The quantitative estimate of drug-likeness (QED) is 0.445. The number of benzene rings is 2. The van der Waals surface area contributed by atoms with E-state index >= 15 is 0 Å². The fourth-order valence-corrected chi connectivity index (χ4v) is 2.99. The zero-order chi connectivity index (χ0) is 20.7. The summed E-state index contributed by atoms with van der Waals surface area (Å²) in [5, 5.41) is 8.86. The summed E-state index contributed by atoms with van der Waals surface area (Å²) in [5.41, 5.74) is 1.24. The Balaban J connectivity index is 2.14. The smallest absolute Gasteiger partial charge is 0.344 e. The monoisotopic (exact) mass is 448 g/mol. The van der Waals surface area contributed by atoms with Crippen molar-refractivity contribution in [2.24, 2.45) is 0 Å². The lowest BCUT2D eigenvalue weighted by molar-refractivity contribution is -0.144. The van der Waals surface area contributed by atoms with Crippen LogP contribution in [-0.4, -0.2) is 36.7 Å². The van der Waals surface area contributed by atoms with E-state index in [2.05, 4.69) is 15.9 Å². The summed E-state index contributed by atoms with van der Waals surface area (Å²) in [6.45, 7) is 3.81. The zero-order valence-corrected chi connectivity index (χ0v) is 17.4. The highest BCUT2D eigenvalue weighted by Crippen LogP contribution is 2.36. The maximum Gasteiger partial charge on any atom is 0.344 e. The molecule has 0 radical (unpaired) electrons. The molecule has 0 aliphatic carbocycles. The van der Waals surface area contributed by atoms with Crippen molar-refractivity contribution in [2.45, 2.75) is 20.0 Å². The molecule has 0 spiro atoms. The van der Waals surface area contributed by atoms with E-state index in [0.29, 0.717) is 29.4 Å². The number of ketones is 1. The first-order valence-corrected chi connectivity index (χ1v) is 9.37. The lowest BCUT2D eigenvalue weighted by Gasteiger charge is -2.12. The molecule has 1 unspecified atom stereocenters. The van der Waals surface area contributed by atoms with Crippen molar-refractivity contribution in [2.75, 3.05) is 13.7 Å². The molecule has 0 saturated carbocycles. The van der Waals surface area contributed by atoms with Gasteiger partial charge in [0.2, 0.25) is 0 Å². The van der Waals surface area contributed by atoms with Crippen molar-refractivity contribution in [1.29, 1.82) is 0 Å². The first kappa shape index (κ1) is 21.5. The maximum absolute atomic E-state index is 12.4. The van der Waals surface area contributed by atoms with Crippen molar-refractivity contribution in [3.05, 3.63) is 58.1 Å². The summed E-state index contributed by atoms with van der Waals surface area (Å²) in [6, 6.07) is 9.93. The Morgan fingerprint density at radius 2 is 1.89 bits per heavy atom. The number of halogens is 1. The number of carbonyl (C=O) groups excluding carboxylic acids is 1. The highest BCUT2D eigenvalue weighted by molar-refractivity contribution is 9.10. The lowest BCUT2D eigenvalue weighted by Crippen LogP contribution is -2.22. The van der Waals surface area contributed by atoms with Crippen LogP contribution in [0.5, 0.6) is 17.2 Å². The number of hydrogen-bond donors (Lipinski definition) is 1. The SMILES string of the molecule is CCOc1cc(/C=C/C(=O)c2ccc(OC(C)C(=O)O)cc2)cc(Br)c1OC. The predicted molar refractivity (Wildman–Crippen MR) is 109 cm³/mol. The summed E-state index contributed by atoms with van der Waals surface area (Å²) < 4.78 is 16.9. The van der Waals surface area contributed by atoms with E-state index < -0.39 is 12.1 Å². The van der Waals surface area contributed by atoms with E-state index in [0.717, 1.165) is 10.0 Å². The summed E-state index contributed by atoms with van der Waals surface area (Å²) in [5.74, 6) is 0.316. The van der Waals surface area contributed by atoms with Gasteiger partial charge in [0.15, 0.2) is 23.4 Å². The van der Waals surface area contributed by atoms with Crippen LogP contribution in [0.15, 0.2) is 46.9 Å². The topological polar surface area (TPSA) is 82.1 Å². The first-order chi connectivity index (χ1) is 13.3. The van der Waals surface area contributed by atoms with E-state index in [-0.39, 0.29) is 5.78 Å². The molecule has 2 aromatic rings. The molecule has 7 heteroatoms. The Morgan fingerprint density at radius 3 is 2.46 bits per heavy atom. The Labute approximate surface area is 171 Å². The Hall–Kier alpha value is -2.80. The van der Waals surface area contributed by atoms with Gasteiger partial charge in [-0.25, -0.2) is 4.79 Å². The van der Waals surface area contributed by atoms with Gasteiger partial charge in [0.25, 0.3) is 0 Å². The zero-order valence-electron chi connectivity index (χ0n) is 15.8. The normalized spacial score (nSPS) is 11.9. The van der Waals surface area contributed by atoms with Gasteiger partial charge < -0.3 is 19.3 Å². The standard InChI is InChI=1S/C21H21BrO6/c1-4-27-19-12-14(11-17(22)20(19)26-3)5-10-18(23)15-6-8-16(9-7-15)28-13(2)21(24)25/h5-13H,4H2,1-3H3,(H,24,25)/b10-5+. The third kappa shape index (κ3) is 5.60. The molecule has 0 heterocycles. The van der Waals surface area contributed by atoms with Crippen LogP contribution in [0, 0.1) is 0 Å². The van der Waals surface area contributed by atoms with Crippen molar-refractivity contribution in [3.8, 4) is 17.2 Å². The van der Waals surface area contributed by atoms with Gasteiger partial charge in [-0.2, -0.15) is 0 Å². The molecule has 0 aromatic heterocycles. The summed E-state index contributed by atoms with van der Waals surface area (Å²) >= 11 is 3.44. The van der Waals surface area contributed by atoms with Gasteiger partial charge in [-0.05, 0) is 77.8 Å². The van der Waals surface area contributed by atoms with Crippen LogP contribution in [0.1, 0.15) is 29.8 Å². The van der Waals surface area contributed by atoms with Crippen molar-refractivity contribution in [1.82, 2.24) is 0 Å². The average molecular weight is 449 g/mol. The van der Waals surface area contributed by atoms with E-state index in [1.165, 1.54) is 13.0 Å². The fraction of sp³-hybridized carbons (Fsp3) is 0.238. The predicted octanol–water partition coefficient (Wildman–Crippen LogP) is 4.60. The van der Waals surface area contributed by atoms with Crippen LogP contribution in [-0.2, 0) is 4.79 Å². The second-order valence-corrected chi connectivity index (χ2v) is 6.64. The molecule has 0 fully saturated rings. The van der Waals surface area contributed by atoms with Crippen LogP contribution in [0.25, 0.3) is 6.08 Å². The molecule has 1 N–H and O–H groups in total. The Morgan fingerprint density at radius 1 is 1.21 bits per heavy atom. The van der Waals surface area contributed by atoms with Crippen molar-refractivity contribution >= 4 is 33.8 Å². The fourth-order valence-electron chi connectivity index (χ4n) is 2.37. The second-order valence-electron chi connectivity index (χ2n) is 5.79. The van der Waals surface area contributed by atoms with Gasteiger partial charge in [0, 0.05) is 5.56 Å². The molecule has 2 aromatic carbocycles. The third-order valence-corrected chi connectivity index (χ3v) is 4.35. The molecule has 0 aliphatic heterocycles. The van der Waals surface area contributed by atoms with Crippen LogP contribution in [0.2, 0.25) is 0 Å². The molecule has 0 aliphatic rings. The second kappa shape index (κ2) is 9.94. The van der Waals surface area contributed by atoms with Gasteiger partial charge in [-0.15, -0.1) is 0 Å². The number of ether oxygens (including phenoxy) is 3. The van der Waals surface area contributed by atoms with Crippen LogP contribution in [0.3, 0.4) is 0 Å². The largest absolute Gasteiger partial charge is 0.492 e. The summed E-state index contributed by atoms with van der Waals surface area (Å²) in [7, 11) is 1.56. The maximum atomic E-state index is 12.4. The number of rotatable bonds is 9. The van der Waals surface area contributed by atoms with Crippen LogP contribution in [0.4, 0.5) is 0 Å². The van der Waals surface area contributed by atoms with Gasteiger partial charge >= 0.3 is 5.97 Å². The van der Waals surface area contributed by atoms with E-state index in [4.69, 9.17) is 19.3 Å². The van der Waals surface area contributed by atoms with Gasteiger partial charge in [0.1, 0.15) is 5.75 Å². The lowest BCUT2D eigenvalue weighted by atomic mass is 10.1. The minimum absolute atomic E-state index is 0.192. The molecular formula is C21H21BrO6. The Bertz CT molecular complexity index is 873. The molecular weight excluding hydrogens is 428 g/mol. The molecule has 148 valence electrons. The minimum Gasteiger partial charge on any atom is -0.492 e. The number of methoxy groups -OCH3 is 1. The van der Waals surface area contributed by atoms with Crippen LogP contribution < -0.4 is 14.2 Å². The van der Waals surface area contributed by atoms with Gasteiger partial charge in [0.05, 0.1) is 18.2 Å². The number of hydrogen-bond acceptors (Lipinski definition) is 5. The molecule has 0 bridgehead atoms. The van der Waals surface area contributed by atoms with E-state index in [1.807, 2.05) is 13.0 Å². The molecule has 2 rings (SSSR count). The average Bonchev–Trinajstić information content (AvgIpc) is 2.66. The number of aliphatic carboxylic acids is 1. The molecule has 0 amide bonds. The molecule has 6 nitrogen and oxygen atoms in total. The first-order valence-electron chi connectivity index (χ1n) is 8.58. The van der Waals surface area contributed by atoms with E-state index in [1.54, 1.807) is 43.5 Å². The van der Waals surface area contributed by atoms with Crippen LogP contribution >= 0.6 is 15.9 Å².